The second kappa shape index (κ2) is 5.22. The van der Waals surface area contributed by atoms with E-state index in [9.17, 15) is 4.79 Å². The Bertz CT molecular complexity index is 329. The molecule has 0 aliphatic carbocycles. The molecule has 0 atom stereocenters. The van der Waals surface area contributed by atoms with E-state index in [0.717, 1.165) is 24.0 Å². The van der Waals surface area contributed by atoms with E-state index in [1.54, 1.807) is 12.1 Å². The van der Waals surface area contributed by atoms with Crippen molar-refractivity contribution in [1.82, 2.24) is 0 Å². The summed E-state index contributed by atoms with van der Waals surface area (Å²) < 4.78 is 5.43. The van der Waals surface area contributed by atoms with Crippen LogP contribution in [0.2, 0.25) is 0 Å². The first-order chi connectivity index (χ1) is 6.81. The fourth-order valence-electron chi connectivity index (χ4n) is 1.28. The third kappa shape index (κ3) is 2.46. The van der Waals surface area contributed by atoms with Crippen molar-refractivity contribution in [1.29, 1.82) is 0 Å². The van der Waals surface area contributed by atoms with Crippen LogP contribution in [0.5, 0.6) is 5.75 Å². The van der Waals surface area contributed by atoms with Gasteiger partial charge in [-0.25, -0.2) is 0 Å². The summed E-state index contributed by atoms with van der Waals surface area (Å²) in [7, 11) is 0. The molecule has 1 aromatic carbocycles. The van der Waals surface area contributed by atoms with Gasteiger partial charge in [0.25, 0.3) is 0 Å². The van der Waals surface area contributed by atoms with Crippen LogP contribution in [0.25, 0.3) is 0 Å². The Hall–Kier alpha value is -1.57. The number of aldehydes is 1. The Morgan fingerprint density at radius 2 is 2.29 bits per heavy atom. The van der Waals surface area contributed by atoms with Gasteiger partial charge in [-0.05, 0) is 37.1 Å². The molecule has 0 aliphatic heterocycles. The Balaban J connectivity index is 3.02. The van der Waals surface area contributed by atoms with Gasteiger partial charge in [0, 0.05) is 5.56 Å². The second-order valence-corrected chi connectivity index (χ2v) is 2.91. The van der Waals surface area contributed by atoms with Gasteiger partial charge >= 0.3 is 0 Å². The zero-order valence-corrected chi connectivity index (χ0v) is 8.32. The lowest BCUT2D eigenvalue weighted by molar-refractivity contribution is 0.112. The molecule has 0 saturated heterocycles. The van der Waals surface area contributed by atoms with Crippen LogP contribution in [0.4, 0.5) is 0 Å². The standard InChI is InChI=1S/C12H14O2/c1-3-5-11-8-10(9-13)6-7-12(11)14-4-2/h3,6-9H,1,4-5H2,2H3. The minimum Gasteiger partial charge on any atom is -0.494 e. The number of benzene rings is 1. The Morgan fingerprint density at radius 1 is 1.50 bits per heavy atom. The summed E-state index contributed by atoms with van der Waals surface area (Å²) in [5.74, 6) is 0.831. The Morgan fingerprint density at radius 3 is 2.86 bits per heavy atom. The minimum absolute atomic E-state index is 0.630. The van der Waals surface area contributed by atoms with Gasteiger partial charge in [0.2, 0.25) is 0 Å². The number of hydrogen-bond acceptors (Lipinski definition) is 2. The van der Waals surface area contributed by atoms with Gasteiger partial charge in [-0.15, -0.1) is 6.58 Å². The molecule has 0 aromatic heterocycles. The van der Waals surface area contributed by atoms with Crippen molar-refractivity contribution in [3.63, 3.8) is 0 Å². The first-order valence-corrected chi connectivity index (χ1v) is 4.63. The topological polar surface area (TPSA) is 26.3 Å². The van der Waals surface area contributed by atoms with Crippen molar-refractivity contribution in [3.05, 3.63) is 42.0 Å². The van der Waals surface area contributed by atoms with Crippen LogP contribution in [0.15, 0.2) is 30.9 Å². The largest absolute Gasteiger partial charge is 0.494 e. The molecule has 14 heavy (non-hydrogen) atoms. The van der Waals surface area contributed by atoms with E-state index in [1.807, 2.05) is 19.1 Å². The summed E-state index contributed by atoms with van der Waals surface area (Å²) >= 11 is 0. The van der Waals surface area contributed by atoms with Crippen molar-refractivity contribution in [2.45, 2.75) is 13.3 Å². The van der Waals surface area contributed by atoms with Crippen molar-refractivity contribution < 1.29 is 9.53 Å². The molecular formula is C12H14O2. The van der Waals surface area contributed by atoms with Crippen molar-refractivity contribution in [3.8, 4) is 5.75 Å². The monoisotopic (exact) mass is 190 g/mol. The predicted octanol–water partition coefficient (Wildman–Crippen LogP) is 2.63. The van der Waals surface area contributed by atoms with Gasteiger partial charge in [0.05, 0.1) is 6.61 Å². The highest BCUT2D eigenvalue weighted by Gasteiger charge is 2.02. The SMILES string of the molecule is C=CCc1cc(C=O)ccc1OCC. The smallest absolute Gasteiger partial charge is 0.150 e. The number of ether oxygens (including phenoxy) is 1. The van der Waals surface area contributed by atoms with Crippen LogP contribution >= 0.6 is 0 Å². The molecule has 0 aliphatic rings. The fourth-order valence-corrected chi connectivity index (χ4v) is 1.28. The summed E-state index contributed by atoms with van der Waals surface area (Å²) in [6.45, 7) is 6.23. The van der Waals surface area contributed by atoms with Crippen LogP contribution < -0.4 is 4.74 Å². The molecule has 0 saturated carbocycles. The third-order valence-electron chi connectivity index (χ3n) is 1.88. The van der Waals surface area contributed by atoms with Gasteiger partial charge < -0.3 is 4.74 Å². The van der Waals surface area contributed by atoms with Gasteiger partial charge in [0.15, 0.2) is 0 Å². The minimum atomic E-state index is 0.630. The quantitative estimate of drug-likeness (QED) is 0.527. The van der Waals surface area contributed by atoms with E-state index in [0.29, 0.717) is 12.2 Å². The van der Waals surface area contributed by atoms with E-state index in [1.165, 1.54) is 0 Å². The zero-order chi connectivity index (χ0) is 10.4. The number of rotatable bonds is 5. The van der Waals surface area contributed by atoms with E-state index in [2.05, 4.69) is 6.58 Å². The lowest BCUT2D eigenvalue weighted by Crippen LogP contribution is -1.97. The predicted molar refractivity (Wildman–Crippen MR) is 56.9 cm³/mol. The molecule has 0 unspecified atom stereocenters. The highest BCUT2D eigenvalue weighted by molar-refractivity contribution is 5.75. The van der Waals surface area contributed by atoms with Crippen molar-refractivity contribution in [2.24, 2.45) is 0 Å². The highest BCUT2D eigenvalue weighted by Crippen LogP contribution is 2.20. The maximum atomic E-state index is 10.6. The summed E-state index contributed by atoms with van der Waals surface area (Å²) in [5, 5.41) is 0. The maximum Gasteiger partial charge on any atom is 0.150 e. The molecular weight excluding hydrogens is 176 g/mol. The zero-order valence-electron chi connectivity index (χ0n) is 8.32. The molecule has 0 amide bonds. The molecule has 0 fully saturated rings. The lowest BCUT2D eigenvalue weighted by Gasteiger charge is -2.08. The Labute approximate surface area is 84.2 Å². The third-order valence-corrected chi connectivity index (χ3v) is 1.88. The highest BCUT2D eigenvalue weighted by atomic mass is 16.5. The molecule has 0 heterocycles. The van der Waals surface area contributed by atoms with Crippen LogP contribution in [-0.4, -0.2) is 12.9 Å². The van der Waals surface area contributed by atoms with E-state index in [-0.39, 0.29) is 0 Å². The molecule has 1 aromatic rings. The molecule has 2 nitrogen and oxygen atoms in total. The average molecular weight is 190 g/mol. The second-order valence-electron chi connectivity index (χ2n) is 2.91. The van der Waals surface area contributed by atoms with Crippen LogP contribution in [-0.2, 0) is 6.42 Å². The Kier molecular flexibility index (Phi) is 3.92. The van der Waals surface area contributed by atoms with Crippen molar-refractivity contribution in [2.75, 3.05) is 6.61 Å². The lowest BCUT2D eigenvalue weighted by atomic mass is 10.1. The number of hydrogen-bond donors (Lipinski definition) is 0. The van der Waals surface area contributed by atoms with Gasteiger partial charge in [-0.3, -0.25) is 4.79 Å². The van der Waals surface area contributed by atoms with Gasteiger partial charge in [-0.2, -0.15) is 0 Å². The van der Waals surface area contributed by atoms with Crippen LogP contribution in [0, 0.1) is 0 Å². The molecule has 0 radical (unpaired) electrons. The maximum absolute atomic E-state index is 10.6. The normalized spacial score (nSPS) is 9.50. The summed E-state index contributed by atoms with van der Waals surface area (Å²) in [5.41, 5.74) is 1.68. The van der Waals surface area contributed by atoms with E-state index in [4.69, 9.17) is 4.74 Å². The van der Waals surface area contributed by atoms with Gasteiger partial charge in [0.1, 0.15) is 12.0 Å². The molecule has 2 heteroatoms. The summed E-state index contributed by atoms with van der Waals surface area (Å²) in [6.07, 6.45) is 3.35. The average Bonchev–Trinajstić information content (AvgIpc) is 2.21. The molecule has 0 N–H and O–H groups in total. The number of carbonyl (C=O) groups is 1. The van der Waals surface area contributed by atoms with Crippen LogP contribution in [0.1, 0.15) is 22.8 Å². The number of carbonyl (C=O) groups excluding carboxylic acids is 1. The van der Waals surface area contributed by atoms with Gasteiger partial charge in [-0.1, -0.05) is 6.08 Å². The van der Waals surface area contributed by atoms with Crippen LogP contribution in [0.3, 0.4) is 0 Å². The number of allylic oxidation sites excluding steroid dienone is 1. The molecule has 1 rings (SSSR count). The molecule has 0 bridgehead atoms. The van der Waals surface area contributed by atoms with E-state index < -0.39 is 0 Å². The molecule has 74 valence electrons. The van der Waals surface area contributed by atoms with E-state index >= 15 is 0 Å². The molecule has 0 spiro atoms. The fraction of sp³-hybridized carbons (Fsp3) is 0.250. The first kappa shape index (κ1) is 10.5. The summed E-state index contributed by atoms with van der Waals surface area (Å²) in [6, 6.07) is 5.41. The van der Waals surface area contributed by atoms with Crippen molar-refractivity contribution >= 4 is 6.29 Å². The summed E-state index contributed by atoms with van der Waals surface area (Å²) in [4.78, 5) is 10.6. The first-order valence-electron chi connectivity index (χ1n) is 4.63.